The van der Waals surface area contributed by atoms with Gasteiger partial charge in [-0.1, -0.05) is 122 Å². The third-order valence-corrected chi connectivity index (χ3v) is 13.2. The van der Waals surface area contributed by atoms with Gasteiger partial charge in [0.15, 0.2) is 0 Å². The van der Waals surface area contributed by atoms with Crippen molar-refractivity contribution in [2.75, 3.05) is 6.54 Å². The number of likely N-dealkylation sites (tertiary alicyclic amines) is 1. The normalized spacial score (nSPS) is 16.8. The molecule has 0 spiro atoms. The second kappa shape index (κ2) is 13.1. The summed E-state index contributed by atoms with van der Waals surface area (Å²) in [5, 5.41) is 8.79. The zero-order valence-electron chi connectivity index (χ0n) is 24.0. The van der Waals surface area contributed by atoms with E-state index in [0.29, 0.717) is 13.0 Å². The van der Waals surface area contributed by atoms with Gasteiger partial charge in [0.1, 0.15) is 20.2 Å². The molecule has 3 amide bonds. The molecule has 1 saturated heterocycles. The van der Waals surface area contributed by atoms with E-state index in [1.165, 1.54) is 10.4 Å². The Kier molecular flexibility index (Phi) is 9.58. The monoisotopic (exact) mass is 555 g/mol. The molecule has 1 aliphatic rings. The van der Waals surface area contributed by atoms with E-state index < -0.39 is 20.2 Å². The van der Waals surface area contributed by atoms with Crippen molar-refractivity contribution in [3.63, 3.8) is 0 Å². The molecule has 3 aromatic rings. The number of benzene rings is 3. The largest absolute Gasteiger partial charge is 0.353 e. The maximum absolute atomic E-state index is 13.9. The second-order valence-corrected chi connectivity index (χ2v) is 15.5. The number of carbonyl (C=O) groups is 3. The smallest absolute Gasteiger partial charge is 0.245 e. The van der Waals surface area contributed by atoms with E-state index in [0.717, 1.165) is 12.0 Å². The molecule has 4 rings (SSSR count). The Balaban J connectivity index is 1.51. The van der Waals surface area contributed by atoms with Crippen LogP contribution in [-0.2, 0) is 20.8 Å². The second-order valence-electron chi connectivity index (χ2n) is 11.3. The molecule has 2 N–H and O–H groups in total. The number of amides is 3. The molecule has 3 aromatic carbocycles. The highest BCUT2D eigenvalue weighted by molar-refractivity contribution is 7.02. The van der Waals surface area contributed by atoms with E-state index in [1.54, 1.807) is 11.8 Å². The Morgan fingerprint density at radius 2 is 1.35 bits per heavy atom. The number of carbonyl (C=O) groups excluding carboxylic acids is 3. The minimum atomic E-state index is -2.43. The Bertz CT molecular complexity index is 1240. The van der Waals surface area contributed by atoms with E-state index >= 15 is 0 Å². The molecule has 0 unspecified atom stereocenters. The van der Waals surface area contributed by atoms with Crippen molar-refractivity contribution in [3.8, 4) is 0 Å². The van der Waals surface area contributed by atoms with Gasteiger partial charge in [-0.3, -0.25) is 14.4 Å². The third-order valence-electron chi connectivity index (χ3n) is 8.13. The zero-order chi connectivity index (χ0) is 28.7. The summed E-state index contributed by atoms with van der Waals surface area (Å²) in [7, 11) is -2.43. The molecule has 0 saturated carbocycles. The molecule has 1 fully saturated rings. The van der Waals surface area contributed by atoms with Gasteiger partial charge in [0.25, 0.3) is 0 Å². The van der Waals surface area contributed by atoms with Crippen molar-refractivity contribution in [2.24, 2.45) is 5.92 Å². The molecule has 1 aliphatic heterocycles. The first kappa shape index (κ1) is 29.3. The van der Waals surface area contributed by atoms with Crippen molar-refractivity contribution in [1.82, 2.24) is 15.5 Å². The lowest BCUT2D eigenvalue weighted by molar-refractivity contribution is -0.141. The molecule has 0 aromatic heterocycles. The zero-order valence-corrected chi connectivity index (χ0v) is 25.0. The molecule has 7 heteroatoms. The molecule has 0 aliphatic carbocycles. The predicted octanol–water partition coefficient (Wildman–Crippen LogP) is 3.30. The number of hydrogen-bond acceptors (Lipinski definition) is 3. The number of rotatable bonds is 10. The summed E-state index contributed by atoms with van der Waals surface area (Å²) in [5.74, 6) is -0.355. The molecule has 0 bridgehead atoms. The number of nitrogens with zero attached hydrogens (tertiary/aromatic N) is 1. The van der Waals surface area contributed by atoms with Gasteiger partial charge in [-0.15, -0.1) is 0 Å². The summed E-state index contributed by atoms with van der Waals surface area (Å²) in [6.07, 6.45) is 1.58. The van der Waals surface area contributed by atoms with Crippen molar-refractivity contribution in [2.45, 2.75) is 64.3 Å². The summed E-state index contributed by atoms with van der Waals surface area (Å²) in [6, 6.07) is 29.2. The van der Waals surface area contributed by atoms with Crippen LogP contribution in [-0.4, -0.2) is 55.0 Å². The standard InChI is InChI=1S/C33H41N3O3Si/c1-24(2)32(40(4,27-17-10-6-11-18-27)28-19-12-7-13-20-28)35-31(38)29-21-14-22-36(29)33(39)25(3)34-30(37)23-26-15-8-5-9-16-26/h5-13,15-20,24-25,29,32H,14,21-23H2,1-4H3,(H,34,37)(H,35,38)/t25-,29-,32+/m0/s1. The molecule has 40 heavy (non-hydrogen) atoms. The molecule has 1 heterocycles. The van der Waals surface area contributed by atoms with Crippen LogP contribution in [0.5, 0.6) is 0 Å². The van der Waals surface area contributed by atoms with Crippen LogP contribution in [0.15, 0.2) is 91.0 Å². The van der Waals surface area contributed by atoms with Crippen LogP contribution in [0.2, 0.25) is 6.55 Å². The first-order chi connectivity index (χ1) is 19.2. The average molecular weight is 556 g/mol. The molecular weight excluding hydrogens is 514 g/mol. The van der Waals surface area contributed by atoms with Crippen molar-refractivity contribution in [3.05, 3.63) is 96.6 Å². The van der Waals surface area contributed by atoms with Crippen molar-refractivity contribution < 1.29 is 14.4 Å². The fourth-order valence-electron chi connectivity index (χ4n) is 6.01. The highest BCUT2D eigenvalue weighted by Gasteiger charge is 2.45. The third kappa shape index (κ3) is 6.53. The maximum Gasteiger partial charge on any atom is 0.245 e. The highest BCUT2D eigenvalue weighted by Crippen LogP contribution is 2.22. The van der Waals surface area contributed by atoms with Crippen LogP contribution in [0.1, 0.15) is 39.2 Å². The van der Waals surface area contributed by atoms with Gasteiger partial charge in [0.2, 0.25) is 17.7 Å². The van der Waals surface area contributed by atoms with Crippen LogP contribution in [0.4, 0.5) is 0 Å². The topological polar surface area (TPSA) is 78.5 Å². The lowest BCUT2D eigenvalue weighted by Crippen LogP contribution is -2.71. The summed E-state index contributed by atoms with van der Waals surface area (Å²) in [5.41, 5.74) is 0.812. The summed E-state index contributed by atoms with van der Waals surface area (Å²) in [6.45, 7) is 8.84. The minimum Gasteiger partial charge on any atom is -0.353 e. The van der Waals surface area contributed by atoms with Gasteiger partial charge in [-0.25, -0.2) is 0 Å². The predicted molar refractivity (Wildman–Crippen MR) is 163 cm³/mol. The lowest BCUT2D eigenvalue weighted by Gasteiger charge is -2.41. The minimum absolute atomic E-state index is 0.0784. The Labute approximate surface area is 239 Å². The van der Waals surface area contributed by atoms with Crippen LogP contribution < -0.4 is 21.0 Å². The Morgan fingerprint density at radius 3 is 1.88 bits per heavy atom. The van der Waals surface area contributed by atoms with Crippen molar-refractivity contribution >= 4 is 36.2 Å². The molecule has 0 radical (unpaired) electrons. The first-order valence-electron chi connectivity index (χ1n) is 14.3. The van der Waals surface area contributed by atoms with Crippen LogP contribution in [0.3, 0.4) is 0 Å². The van der Waals surface area contributed by atoms with E-state index in [4.69, 9.17) is 0 Å². The maximum atomic E-state index is 13.9. The Hall–Kier alpha value is -3.71. The molecule has 210 valence electrons. The highest BCUT2D eigenvalue weighted by atomic mass is 28.3. The van der Waals surface area contributed by atoms with E-state index in [2.05, 4.69) is 79.6 Å². The lowest BCUT2D eigenvalue weighted by atomic mass is 10.1. The van der Waals surface area contributed by atoms with Crippen molar-refractivity contribution in [1.29, 1.82) is 0 Å². The SMILES string of the molecule is CC(C)[C@H](NC(=O)[C@@H]1CCCN1C(=O)[C@H](C)NC(=O)Cc1ccccc1)[Si](C)(c1ccccc1)c1ccccc1. The summed E-state index contributed by atoms with van der Waals surface area (Å²) >= 11 is 0. The van der Waals surface area contributed by atoms with Gasteiger partial charge in [0.05, 0.1) is 6.42 Å². The first-order valence-corrected chi connectivity index (χ1v) is 16.8. The fourth-order valence-corrected chi connectivity index (χ4v) is 10.6. The van der Waals surface area contributed by atoms with E-state index in [-0.39, 0.29) is 35.7 Å². The van der Waals surface area contributed by atoms with Gasteiger partial charge in [-0.05, 0) is 31.2 Å². The number of nitrogens with one attached hydrogen (secondary N) is 2. The van der Waals surface area contributed by atoms with E-state index in [1.807, 2.05) is 42.5 Å². The van der Waals surface area contributed by atoms with Crippen LogP contribution in [0, 0.1) is 5.92 Å². The van der Waals surface area contributed by atoms with Crippen LogP contribution >= 0.6 is 0 Å². The van der Waals surface area contributed by atoms with Gasteiger partial charge in [-0.2, -0.15) is 0 Å². The number of hydrogen-bond donors (Lipinski definition) is 2. The van der Waals surface area contributed by atoms with Gasteiger partial charge >= 0.3 is 0 Å². The summed E-state index contributed by atoms with van der Waals surface area (Å²) in [4.78, 5) is 41.6. The molecule has 3 atom stereocenters. The van der Waals surface area contributed by atoms with Gasteiger partial charge < -0.3 is 15.5 Å². The quantitative estimate of drug-likeness (QED) is 0.377. The average Bonchev–Trinajstić information content (AvgIpc) is 3.46. The van der Waals surface area contributed by atoms with E-state index in [9.17, 15) is 14.4 Å². The van der Waals surface area contributed by atoms with Crippen LogP contribution in [0.25, 0.3) is 0 Å². The fraction of sp³-hybridized carbons (Fsp3) is 0.364. The molecular formula is C33H41N3O3Si. The Morgan fingerprint density at radius 1 is 0.825 bits per heavy atom. The summed E-state index contributed by atoms with van der Waals surface area (Å²) < 4.78 is 0. The molecule has 6 nitrogen and oxygen atoms in total. The van der Waals surface area contributed by atoms with Gasteiger partial charge in [0, 0.05) is 12.2 Å².